The van der Waals surface area contributed by atoms with E-state index in [-0.39, 0.29) is 8.68 Å². The molecule has 0 aliphatic heterocycles. The molecule has 1 atom stereocenters. The van der Waals surface area contributed by atoms with Gasteiger partial charge in [0.1, 0.15) is 14.1 Å². The molecular formula is C9H7ClF3N3OS2. The lowest BCUT2D eigenvalue weighted by Crippen LogP contribution is -2.07. The Bertz CT molecular complexity index is 647. The smallest absolute Gasteiger partial charge is 0.241 e. The van der Waals surface area contributed by atoms with Crippen LogP contribution in [0.1, 0.15) is 12.1 Å². The summed E-state index contributed by atoms with van der Waals surface area (Å²) in [5.74, 6) is -2.24. The van der Waals surface area contributed by atoms with Gasteiger partial charge in [-0.3, -0.25) is 0 Å². The van der Waals surface area contributed by atoms with E-state index in [0.29, 0.717) is 5.69 Å². The minimum atomic E-state index is -3.37. The van der Waals surface area contributed by atoms with Crippen molar-refractivity contribution >= 4 is 32.7 Å². The first-order valence-electron chi connectivity index (χ1n) is 4.75. The van der Waals surface area contributed by atoms with Gasteiger partial charge in [0, 0.05) is 12.2 Å². The van der Waals surface area contributed by atoms with Gasteiger partial charge in [0.2, 0.25) is 6.19 Å². The van der Waals surface area contributed by atoms with Gasteiger partial charge in [0.25, 0.3) is 0 Å². The highest BCUT2D eigenvalue weighted by atomic mass is 35.5. The van der Waals surface area contributed by atoms with Gasteiger partial charge in [-0.2, -0.15) is 14.0 Å². The van der Waals surface area contributed by atoms with E-state index in [1.165, 1.54) is 6.19 Å². The Hall–Kier alpha value is -1.11. The Kier molecular flexibility index (Phi) is 5.34. The van der Waals surface area contributed by atoms with Crippen molar-refractivity contribution in [3.8, 4) is 6.19 Å². The molecule has 1 aromatic rings. The third-order valence-corrected chi connectivity index (χ3v) is 6.03. The quantitative estimate of drug-likeness (QED) is 0.787. The number of aryl methyl sites for hydroxylation is 1. The number of aromatic nitrogens is 1. The molecule has 104 valence electrons. The number of hydrogen-bond acceptors (Lipinski definition) is 5. The molecule has 0 bridgehead atoms. The van der Waals surface area contributed by atoms with E-state index in [0.717, 1.165) is 11.3 Å². The third-order valence-electron chi connectivity index (χ3n) is 1.98. The van der Waals surface area contributed by atoms with E-state index in [4.69, 9.17) is 16.9 Å². The third kappa shape index (κ3) is 3.92. The minimum Gasteiger partial charge on any atom is -0.241 e. The van der Waals surface area contributed by atoms with E-state index in [9.17, 15) is 17.4 Å². The first kappa shape index (κ1) is 15.9. The highest BCUT2D eigenvalue weighted by Gasteiger charge is 2.21. The molecule has 0 radical (unpaired) electrons. The predicted molar refractivity (Wildman–Crippen MR) is 66.1 cm³/mol. The van der Waals surface area contributed by atoms with E-state index in [1.54, 1.807) is 6.92 Å². The zero-order valence-corrected chi connectivity index (χ0v) is 11.9. The second-order valence-corrected chi connectivity index (χ2v) is 7.41. The van der Waals surface area contributed by atoms with Gasteiger partial charge < -0.3 is 0 Å². The van der Waals surface area contributed by atoms with Gasteiger partial charge in [-0.1, -0.05) is 22.9 Å². The van der Waals surface area contributed by atoms with Crippen molar-refractivity contribution in [2.45, 2.75) is 17.7 Å². The molecule has 0 saturated heterocycles. The molecule has 1 aromatic heterocycles. The van der Waals surface area contributed by atoms with Gasteiger partial charge in [-0.25, -0.2) is 13.6 Å². The fourth-order valence-corrected chi connectivity index (χ4v) is 4.32. The van der Waals surface area contributed by atoms with Crippen molar-refractivity contribution in [1.29, 1.82) is 5.26 Å². The fourth-order valence-electron chi connectivity index (χ4n) is 1.05. The van der Waals surface area contributed by atoms with Crippen LogP contribution in [0.25, 0.3) is 0 Å². The first-order valence-corrected chi connectivity index (χ1v) is 7.63. The summed E-state index contributed by atoms with van der Waals surface area (Å²) in [6.45, 7) is 1.55. The first-order chi connectivity index (χ1) is 8.80. The van der Waals surface area contributed by atoms with Crippen LogP contribution in [0.2, 0.25) is 4.34 Å². The van der Waals surface area contributed by atoms with Crippen LogP contribution in [0.4, 0.5) is 13.2 Å². The van der Waals surface area contributed by atoms with Crippen LogP contribution in [0.5, 0.6) is 0 Å². The van der Waals surface area contributed by atoms with Gasteiger partial charge in [0.15, 0.2) is 10.2 Å². The number of rotatable bonds is 4. The van der Waals surface area contributed by atoms with Crippen LogP contribution in [-0.2, 0) is 9.73 Å². The highest BCUT2D eigenvalue weighted by Crippen LogP contribution is 2.29. The normalized spacial score (nSPS) is 13.5. The zero-order chi connectivity index (χ0) is 14.6. The molecule has 0 aliphatic rings. The molecule has 1 rings (SSSR count). The van der Waals surface area contributed by atoms with E-state index < -0.39 is 33.8 Å². The van der Waals surface area contributed by atoms with Crippen LogP contribution < -0.4 is 0 Å². The van der Waals surface area contributed by atoms with Crippen molar-refractivity contribution in [3.05, 3.63) is 21.9 Å². The summed E-state index contributed by atoms with van der Waals surface area (Å²) in [7, 11) is -3.37. The van der Waals surface area contributed by atoms with Crippen molar-refractivity contribution in [1.82, 2.24) is 4.98 Å². The monoisotopic (exact) mass is 329 g/mol. The van der Waals surface area contributed by atoms with Crippen LogP contribution in [0.15, 0.2) is 20.6 Å². The molecule has 1 unspecified atom stereocenters. The fraction of sp³-hybridized carbons (Fsp3) is 0.333. The molecule has 0 spiro atoms. The van der Waals surface area contributed by atoms with Crippen LogP contribution in [0, 0.1) is 18.4 Å². The number of halogens is 4. The van der Waals surface area contributed by atoms with Gasteiger partial charge in [-0.05, 0) is 6.92 Å². The van der Waals surface area contributed by atoms with Crippen molar-refractivity contribution in [3.63, 3.8) is 0 Å². The number of hydrogen-bond donors (Lipinski definition) is 0. The summed E-state index contributed by atoms with van der Waals surface area (Å²) in [5.41, 5.74) is 0.384. The second-order valence-electron chi connectivity index (χ2n) is 3.29. The Morgan fingerprint density at radius 2 is 2.21 bits per heavy atom. The van der Waals surface area contributed by atoms with Crippen molar-refractivity contribution in [2.24, 2.45) is 4.36 Å². The predicted octanol–water partition coefficient (Wildman–Crippen LogP) is 3.88. The Morgan fingerprint density at radius 3 is 2.63 bits per heavy atom. The van der Waals surface area contributed by atoms with E-state index in [1.807, 2.05) is 0 Å². The summed E-state index contributed by atoms with van der Waals surface area (Å²) in [4.78, 5) is 3.86. The maximum Gasteiger partial charge on any atom is 0.301 e. The summed E-state index contributed by atoms with van der Waals surface area (Å²) in [6, 6.07) is 0. The minimum absolute atomic E-state index is 0.0661. The van der Waals surface area contributed by atoms with Crippen LogP contribution >= 0.6 is 22.9 Å². The molecule has 0 N–H and O–H groups in total. The molecule has 4 nitrogen and oxygen atoms in total. The molecule has 1 heterocycles. The Balaban J connectivity index is 3.14. The van der Waals surface area contributed by atoms with Gasteiger partial charge in [0.05, 0.1) is 5.69 Å². The lowest BCUT2D eigenvalue weighted by molar-refractivity contribution is 0.373. The Labute approximate surface area is 116 Å². The largest absolute Gasteiger partial charge is 0.301 e. The zero-order valence-electron chi connectivity index (χ0n) is 9.49. The summed E-state index contributed by atoms with van der Waals surface area (Å²) in [5, 5.41) is 8.51. The van der Waals surface area contributed by atoms with Crippen LogP contribution in [-0.4, -0.2) is 14.9 Å². The number of nitriles is 1. The lowest BCUT2D eigenvalue weighted by atomic mass is 10.4. The topological polar surface area (TPSA) is 66.1 Å². The van der Waals surface area contributed by atoms with Crippen LogP contribution in [0.3, 0.4) is 0 Å². The number of thiazole rings is 1. The summed E-state index contributed by atoms with van der Waals surface area (Å²) < 4.78 is 52.4. The number of nitrogens with zero attached hydrogens (tertiary/aromatic N) is 3. The molecule has 0 aliphatic carbocycles. The standard InChI is InChI=1S/C9H7ClF3N3OS2/c1-5-7(10)18-9(16-5)19(17,15-4-14)3-2-6(11)8(12)13/h2-3H2,1H3. The maximum atomic E-state index is 12.7. The summed E-state index contributed by atoms with van der Waals surface area (Å²) >= 11 is 6.58. The Morgan fingerprint density at radius 1 is 1.58 bits per heavy atom. The molecule has 0 aromatic carbocycles. The molecule has 10 heteroatoms. The SMILES string of the molecule is Cc1nc(S(=O)(CCC(F)=C(F)F)=NC#N)sc1Cl. The second kappa shape index (κ2) is 6.36. The average molecular weight is 330 g/mol. The van der Waals surface area contributed by atoms with Crippen molar-refractivity contribution < 1.29 is 17.4 Å². The number of allylic oxidation sites excluding steroid dienone is 1. The molecule has 0 amide bonds. The highest BCUT2D eigenvalue weighted by molar-refractivity contribution is 7.95. The maximum absolute atomic E-state index is 12.7. The molecule has 19 heavy (non-hydrogen) atoms. The molecule has 0 fully saturated rings. The average Bonchev–Trinajstić information content (AvgIpc) is 2.67. The molecule has 0 saturated carbocycles. The van der Waals surface area contributed by atoms with Crippen molar-refractivity contribution in [2.75, 3.05) is 5.75 Å². The van der Waals surface area contributed by atoms with Gasteiger partial charge >= 0.3 is 6.08 Å². The summed E-state index contributed by atoms with van der Waals surface area (Å²) in [6.07, 6.45) is -1.93. The lowest BCUT2D eigenvalue weighted by Gasteiger charge is -2.03. The van der Waals surface area contributed by atoms with E-state index in [2.05, 4.69) is 9.35 Å². The molecular weight excluding hydrogens is 323 g/mol. The van der Waals surface area contributed by atoms with E-state index >= 15 is 0 Å². The van der Waals surface area contributed by atoms with Gasteiger partial charge in [-0.15, -0.1) is 4.36 Å².